The Kier molecular flexibility index (Phi) is 5.05. The van der Waals surface area contributed by atoms with Crippen molar-refractivity contribution >= 4 is 0 Å². The molecule has 0 radical (unpaired) electrons. The number of nitrogens with zero attached hydrogens (tertiary/aromatic N) is 2. The molecule has 0 aliphatic rings. The summed E-state index contributed by atoms with van der Waals surface area (Å²) < 4.78 is 2.61. The lowest BCUT2D eigenvalue weighted by Crippen LogP contribution is -2.51. The van der Waals surface area contributed by atoms with Gasteiger partial charge in [-0.05, 0) is 12.5 Å². The summed E-state index contributed by atoms with van der Waals surface area (Å²) in [5.41, 5.74) is 1.21. The van der Waals surface area contributed by atoms with Crippen LogP contribution >= 0.6 is 0 Å². The second kappa shape index (κ2) is 6.10. The molecule has 1 aromatic rings. The summed E-state index contributed by atoms with van der Waals surface area (Å²) in [4.78, 5) is 0. The van der Waals surface area contributed by atoms with Crippen LogP contribution in [0.2, 0.25) is 0 Å². The van der Waals surface area contributed by atoms with Gasteiger partial charge in [0.25, 0.3) is 0 Å². The number of rotatable bonds is 6. The van der Waals surface area contributed by atoms with Crippen LogP contribution in [-0.2, 0) is 6.54 Å². The number of hydrogen-bond donors (Lipinski definition) is 2. The van der Waals surface area contributed by atoms with E-state index in [1.807, 2.05) is 50.1 Å². The van der Waals surface area contributed by atoms with Crippen LogP contribution < -0.4 is 4.57 Å². The summed E-state index contributed by atoms with van der Waals surface area (Å²) in [6.07, 6.45) is 3.55. The number of quaternary nitrogens is 1. The lowest BCUT2D eigenvalue weighted by atomic mass is 10.2. The standard InChI is InChI=1S/C13H24N2O2/c1-12-4-6-14(7-5-12)10-13(17)11-15(2,3)8-9-16/h4-7,13,16-17H,8-11H2,1-3H3/q+2. The van der Waals surface area contributed by atoms with E-state index in [9.17, 15) is 5.11 Å². The van der Waals surface area contributed by atoms with Crippen molar-refractivity contribution < 1.29 is 19.3 Å². The minimum absolute atomic E-state index is 0.150. The number of hydrogen-bond acceptors (Lipinski definition) is 2. The lowest BCUT2D eigenvalue weighted by molar-refractivity contribution is -0.896. The molecule has 0 saturated heterocycles. The highest BCUT2D eigenvalue weighted by atomic mass is 16.3. The number of aryl methyl sites for hydroxylation is 1. The summed E-state index contributed by atoms with van der Waals surface area (Å²) in [7, 11) is 4.03. The van der Waals surface area contributed by atoms with Gasteiger partial charge in [-0.2, -0.15) is 0 Å². The number of aliphatic hydroxyl groups excluding tert-OH is 2. The van der Waals surface area contributed by atoms with Crippen LogP contribution in [0.5, 0.6) is 0 Å². The number of likely N-dealkylation sites (N-methyl/N-ethyl adjacent to an activating group) is 1. The molecule has 1 aromatic heterocycles. The second-order valence-electron chi connectivity index (χ2n) is 5.29. The van der Waals surface area contributed by atoms with E-state index in [-0.39, 0.29) is 6.61 Å². The van der Waals surface area contributed by atoms with Gasteiger partial charge in [-0.15, -0.1) is 0 Å². The first kappa shape index (κ1) is 14.1. The molecular weight excluding hydrogens is 216 g/mol. The van der Waals surface area contributed by atoms with Crippen molar-refractivity contribution in [1.82, 2.24) is 0 Å². The van der Waals surface area contributed by atoms with Crippen molar-refractivity contribution in [3.63, 3.8) is 0 Å². The molecule has 1 rings (SSSR count). The highest BCUT2D eigenvalue weighted by Crippen LogP contribution is 2.00. The van der Waals surface area contributed by atoms with Crippen LogP contribution in [0.1, 0.15) is 5.56 Å². The zero-order chi connectivity index (χ0) is 12.9. The van der Waals surface area contributed by atoms with Crippen molar-refractivity contribution in [2.24, 2.45) is 0 Å². The third kappa shape index (κ3) is 5.26. The second-order valence-corrected chi connectivity index (χ2v) is 5.29. The normalized spacial score (nSPS) is 13.7. The van der Waals surface area contributed by atoms with Crippen molar-refractivity contribution in [1.29, 1.82) is 0 Å². The Morgan fingerprint density at radius 3 is 2.41 bits per heavy atom. The van der Waals surface area contributed by atoms with Gasteiger partial charge in [-0.1, -0.05) is 0 Å². The zero-order valence-electron chi connectivity index (χ0n) is 11.0. The van der Waals surface area contributed by atoms with E-state index in [2.05, 4.69) is 0 Å². The molecule has 0 aliphatic carbocycles. The van der Waals surface area contributed by atoms with E-state index in [1.165, 1.54) is 5.56 Å². The lowest BCUT2D eigenvalue weighted by Gasteiger charge is -2.30. The molecule has 1 heterocycles. The summed E-state index contributed by atoms with van der Waals surface area (Å²) >= 11 is 0. The molecule has 17 heavy (non-hydrogen) atoms. The molecule has 1 unspecified atom stereocenters. The van der Waals surface area contributed by atoms with Gasteiger partial charge in [0.15, 0.2) is 25.0 Å². The molecule has 96 valence electrons. The van der Waals surface area contributed by atoms with Crippen molar-refractivity contribution in [2.45, 2.75) is 19.6 Å². The van der Waals surface area contributed by atoms with Crippen LogP contribution in [0.15, 0.2) is 24.5 Å². The summed E-state index contributed by atoms with van der Waals surface area (Å²) in [5, 5.41) is 18.9. The van der Waals surface area contributed by atoms with Gasteiger partial charge in [-0.3, -0.25) is 0 Å². The number of pyridine rings is 1. The predicted molar refractivity (Wildman–Crippen MR) is 66.3 cm³/mol. The zero-order valence-corrected chi connectivity index (χ0v) is 11.0. The molecule has 0 aromatic carbocycles. The average molecular weight is 240 g/mol. The predicted octanol–water partition coefficient (Wildman–Crippen LogP) is -0.288. The van der Waals surface area contributed by atoms with Gasteiger partial charge in [0.1, 0.15) is 13.1 Å². The van der Waals surface area contributed by atoms with Crippen LogP contribution in [0.3, 0.4) is 0 Å². The van der Waals surface area contributed by atoms with Crippen LogP contribution in [0, 0.1) is 6.92 Å². The molecule has 0 fully saturated rings. The third-order valence-electron chi connectivity index (χ3n) is 2.89. The first-order valence-electron chi connectivity index (χ1n) is 5.99. The Bertz CT molecular complexity index is 336. The summed E-state index contributed by atoms with van der Waals surface area (Å²) in [6.45, 7) is 4.09. The number of aromatic nitrogens is 1. The fourth-order valence-electron chi connectivity index (χ4n) is 1.89. The van der Waals surface area contributed by atoms with Gasteiger partial charge >= 0.3 is 0 Å². The molecular formula is C13H24N2O2+2. The third-order valence-corrected chi connectivity index (χ3v) is 2.89. The van der Waals surface area contributed by atoms with Crippen molar-refractivity contribution in [3.05, 3.63) is 30.1 Å². The van der Waals surface area contributed by atoms with Gasteiger partial charge in [-0.25, -0.2) is 4.57 Å². The molecule has 1 atom stereocenters. The van der Waals surface area contributed by atoms with E-state index in [1.54, 1.807) is 0 Å². The molecule has 0 bridgehead atoms. The van der Waals surface area contributed by atoms with E-state index in [4.69, 9.17) is 5.11 Å². The summed E-state index contributed by atoms with van der Waals surface area (Å²) in [6, 6.07) is 4.06. The average Bonchev–Trinajstić information content (AvgIpc) is 2.20. The quantitative estimate of drug-likeness (QED) is 0.530. The molecule has 0 amide bonds. The van der Waals surface area contributed by atoms with Gasteiger partial charge in [0.2, 0.25) is 0 Å². The Hall–Kier alpha value is -0.970. The molecule has 2 N–H and O–H groups in total. The highest BCUT2D eigenvalue weighted by Gasteiger charge is 2.22. The Morgan fingerprint density at radius 2 is 1.88 bits per heavy atom. The van der Waals surface area contributed by atoms with Crippen LogP contribution in [-0.4, -0.2) is 54.6 Å². The monoisotopic (exact) mass is 240 g/mol. The van der Waals surface area contributed by atoms with Gasteiger partial charge < -0.3 is 14.7 Å². The molecule has 0 spiro atoms. The van der Waals surface area contributed by atoms with E-state index < -0.39 is 6.10 Å². The topological polar surface area (TPSA) is 44.3 Å². The Balaban J connectivity index is 2.49. The first-order chi connectivity index (χ1) is 7.93. The largest absolute Gasteiger partial charge is 0.391 e. The highest BCUT2D eigenvalue weighted by molar-refractivity contribution is 5.03. The smallest absolute Gasteiger partial charge is 0.179 e. The SMILES string of the molecule is Cc1cc[n+](CC(O)C[N+](C)(C)CCO)cc1. The fraction of sp³-hybridized carbons (Fsp3) is 0.615. The Morgan fingerprint density at radius 1 is 1.29 bits per heavy atom. The molecule has 4 nitrogen and oxygen atoms in total. The minimum atomic E-state index is -0.399. The fourth-order valence-corrected chi connectivity index (χ4v) is 1.89. The van der Waals surface area contributed by atoms with Crippen LogP contribution in [0.25, 0.3) is 0 Å². The maximum Gasteiger partial charge on any atom is 0.179 e. The maximum atomic E-state index is 10.0. The van der Waals surface area contributed by atoms with Gasteiger partial charge in [0.05, 0.1) is 20.7 Å². The van der Waals surface area contributed by atoms with E-state index in [0.717, 1.165) is 0 Å². The van der Waals surface area contributed by atoms with Crippen LogP contribution in [0.4, 0.5) is 0 Å². The number of aliphatic hydroxyl groups is 2. The van der Waals surface area contributed by atoms with E-state index in [0.29, 0.717) is 24.1 Å². The molecule has 0 aliphatic heterocycles. The minimum Gasteiger partial charge on any atom is -0.391 e. The van der Waals surface area contributed by atoms with Crippen molar-refractivity contribution in [2.75, 3.05) is 33.8 Å². The Labute approximate surface area is 103 Å². The maximum absolute atomic E-state index is 10.0. The first-order valence-corrected chi connectivity index (χ1v) is 5.99. The van der Waals surface area contributed by atoms with Gasteiger partial charge in [0, 0.05) is 12.1 Å². The molecule has 4 heteroatoms. The summed E-state index contributed by atoms with van der Waals surface area (Å²) in [5.74, 6) is 0. The molecule has 0 saturated carbocycles. The van der Waals surface area contributed by atoms with Crippen molar-refractivity contribution in [3.8, 4) is 0 Å². The van der Waals surface area contributed by atoms with E-state index >= 15 is 0 Å².